The summed E-state index contributed by atoms with van der Waals surface area (Å²) in [6.45, 7) is -0.358. The molecule has 0 aliphatic rings. The molecule has 0 aliphatic heterocycles. The third-order valence-electron chi connectivity index (χ3n) is 2.39. The maximum atomic E-state index is 12.2. The molecule has 0 fully saturated rings. The number of benzene rings is 1. The zero-order valence-electron chi connectivity index (χ0n) is 9.73. The van der Waals surface area contributed by atoms with E-state index in [1.807, 2.05) is 0 Å². The molecule has 0 bridgehead atoms. The Morgan fingerprint density at radius 2 is 1.80 bits per heavy atom. The van der Waals surface area contributed by atoms with Gasteiger partial charge in [-0.05, 0) is 23.6 Å². The van der Waals surface area contributed by atoms with Crippen LogP contribution in [0.2, 0.25) is 15.1 Å². The van der Waals surface area contributed by atoms with Crippen LogP contribution in [0.3, 0.4) is 0 Å². The van der Waals surface area contributed by atoms with Crippen molar-refractivity contribution in [3.8, 4) is 0 Å². The predicted octanol–water partition coefficient (Wildman–Crippen LogP) is 4.00. The number of nitrogens with one attached hydrogen (secondary N) is 1. The number of sulfonamides is 1. The van der Waals surface area contributed by atoms with Crippen molar-refractivity contribution < 1.29 is 13.5 Å². The molecule has 4 nitrogen and oxygen atoms in total. The van der Waals surface area contributed by atoms with Crippen molar-refractivity contribution in [3.05, 3.63) is 43.5 Å². The zero-order chi connectivity index (χ0) is 14.9. The van der Waals surface area contributed by atoms with Crippen LogP contribution >= 0.6 is 46.1 Å². The van der Waals surface area contributed by atoms with Gasteiger partial charge < -0.3 is 5.11 Å². The van der Waals surface area contributed by atoms with E-state index in [2.05, 4.69) is 4.72 Å². The molecule has 2 rings (SSSR count). The fourth-order valence-electron chi connectivity index (χ4n) is 1.48. The van der Waals surface area contributed by atoms with Gasteiger partial charge in [-0.15, -0.1) is 11.3 Å². The minimum atomic E-state index is -3.85. The highest BCUT2D eigenvalue weighted by Crippen LogP contribution is 2.34. The molecule has 0 saturated carbocycles. The van der Waals surface area contributed by atoms with Crippen LogP contribution in [0.25, 0.3) is 0 Å². The quantitative estimate of drug-likeness (QED) is 0.797. The summed E-state index contributed by atoms with van der Waals surface area (Å²) in [7, 11) is -3.85. The van der Waals surface area contributed by atoms with Crippen LogP contribution in [0, 0.1) is 0 Å². The molecule has 0 atom stereocenters. The average molecular weight is 373 g/mol. The number of aliphatic hydroxyl groups excluding tert-OH is 1. The molecule has 1 heterocycles. The molecule has 1 aromatic heterocycles. The van der Waals surface area contributed by atoms with Crippen molar-refractivity contribution in [3.63, 3.8) is 0 Å². The van der Waals surface area contributed by atoms with Crippen LogP contribution in [0.1, 0.15) is 4.88 Å². The molecule has 2 N–H and O–H groups in total. The van der Waals surface area contributed by atoms with Crippen molar-refractivity contribution in [1.29, 1.82) is 0 Å². The Morgan fingerprint density at radius 1 is 1.15 bits per heavy atom. The lowest BCUT2D eigenvalue weighted by Crippen LogP contribution is -2.14. The average Bonchev–Trinajstić information content (AvgIpc) is 2.84. The predicted molar refractivity (Wildman–Crippen MR) is 82.5 cm³/mol. The molecule has 0 spiro atoms. The summed E-state index contributed by atoms with van der Waals surface area (Å²) in [4.78, 5) is 0.348. The van der Waals surface area contributed by atoms with Gasteiger partial charge in [0.15, 0.2) is 0 Å². The summed E-state index contributed by atoms with van der Waals surface area (Å²) >= 11 is 18.7. The lowest BCUT2D eigenvalue weighted by Gasteiger charge is -2.10. The monoisotopic (exact) mass is 371 g/mol. The lowest BCUT2D eigenvalue weighted by molar-refractivity contribution is 0.282. The molecular weight excluding hydrogens is 365 g/mol. The van der Waals surface area contributed by atoms with Crippen LogP contribution in [0.4, 0.5) is 5.69 Å². The lowest BCUT2D eigenvalue weighted by atomic mass is 10.3. The SMILES string of the molecule is O=S(=O)(Nc1cc(Cl)c(Cl)cc1Cl)c1ccsc1CO. The van der Waals surface area contributed by atoms with Gasteiger partial charge in [0.25, 0.3) is 10.0 Å². The first-order chi connectivity index (χ1) is 9.35. The third-order valence-corrected chi connectivity index (χ3v) is 5.91. The first-order valence-corrected chi connectivity index (χ1v) is 8.69. The molecule has 20 heavy (non-hydrogen) atoms. The van der Waals surface area contributed by atoms with Crippen molar-refractivity contribution >= 4 is 61.9 Å². The van der Waals surface area contributed by atoms with Crippen molar-refractivity contribution in [1.82, 2.24) is 0 Å². The molecule has 0 aliphatic carbocycles. The van der Waals surface area contributed by atoms with Crippen LogP contribution < -0.4 is 4.72 Å². The van der Waals surface area contributed by atoms with E-state index in [9.17, 15) is 8.42 Å². The number of aliphatic hydroxyl groups is 1. The molecule has 0 radical (unpaired) electrons. The van der Waals surface area contributed by atoms with E-state index in [1.165, 1.54) is 18.2 Å². The van der Waals surface area contributed by atoms with E-state index in [0.29, 0.717) is 4.88 Å². The zero-order valence-corrected chi connectivity index (χ0v) is 13.6. The summed E-state index contributed by atoms with van der Waals surface area (Å²) in [5.41, 5.74) is 0.121. The standard InChI is InChI=1S/C11H8Cl3NO3S2/c12-6-3-8(14)9(4-7(6)13)15-20(17,18)11-1-2-19-10(11)5-16/h1-4,15-16H,5H2. The summed E-state index contributed by atoms with van der Waals surface area (Å²) in [6.07, 6.45) is 0. The van der Waals surface area contributed by atoms with Gasteiger partial charge in [0.05, 0.1) is 32.2 Å². The van der Waals surface area contributed by atoms with E-state index in [-0.39, 0.29) is 32.3 Å². The van der Waals surface area contributed by atoms with E-state index in [1.54, 1.807) is 5.38 Å². The number of halogens is 3. The number of thiophene rings is 1. The van der Waals surface area contributed by atoms with E-state index >= 15 is 0 Å². The van der Waals surface area contributed by atoms with Gasteiger partial charge >= 0.3 is 0 Å². The van der Waals surface area contributed by atoms with Crippen LogP contribution in [-0.4, -0.2) is 13.5 Å². The highest BCUT2D eigenvalue weighted by Gasteiger charge is 2.21. The van der Waals surface area contributed by atoms with Crippen molar-refractivity contribution in [2.45, 2.75) is 11.5 Å². The Hall–Kier alpha value is -0.500. The van der Waals surface area contributed by atoms with Gasteiger partial charge in [-0.3, -0.25) is 4.72 Å². The second-order valence-electron chi connectivity index (χ2n) is 3.72. The molecule has 108 valence electrons. The Kier molecular flexibility index (Phi) is 4.84. The maximum Gasteiger partial charge on any atom is 0.263 e. The van der Waals surface area contributed by atoms with Gasteiger partial charge in [-0.25, -0.2) is 8.42 Å². The van der Waals surface area contributed by atoms with Crippen molar-refractivity contribution in [2.24, 2.45) is 0 Å². The summed E-state index contributed by atoms with van der Waals surface area (Å²) in [6, 6.07) is 4.09. The molecular formula is C11H8Cl3NO3S2. The Bertz CT molecular complexity index is 743. The maximum absolute atomic E-state index is 12.2. The Morgan fingerprint density at radius 3 is 2.45 bits per heavy atom. The topological polar surface area (TPSA) is 66.4 Å². The first-order valence-electron chi connectivity index (χ1n) is 5.19. The number of hydrogen-bond donors (Lipinski definition) is 2. The summed E-state index contributed by atoms with van der Waals surface area (Å²) < 4.78 is 26.8. The van der Waals surface area contributed by atoms with E-state index in [0.717, 1.165) is 11.3 Å². The molecule has 2 aromatic rings. The fraction of sp³-hybridized carbons (Fsp3) is 0.0909. The largest absolute Gasteiger partial charge is 0.391 e. The number of rotatable bonds is 4. The van der Waals surface area contributed by atoms with E-state index < -0.39 is 10.0 Å². The third kappa shape index (κ3) is 3.21. The second kappa shape index (κ2) is 6.09. The van der Waals surface area contributed by atoms with E-state index in [4.69, 9.17) is 39.9 Å². The molecule has 9 heteroatoms. The first kappa shape index (κ1) is 15.9. The van der Waals surface area contributed by atoms with Gasteiger partial charge in [0.1, 0.15) is 4.90 Å². The smallest absolute Gasteiger partial charge is 0.263 e. The highest BCUT2D eigenvalue weighted by molar-refractivity contribution is 7.93. The molecule has 0 saturated heterocycles. The molecule has 1 aromatic carbocycles. The summed E-state index contributed by atoms with van der Waals surface area (Å²) in [5, 5.41) is 11.2. The molecule has 0 unspecified atom stereocenters. The number of anilines is 1. The van der Waals surface area contributed by atoms with Crippen LogP contribution in [0.15, 0.2) is 28.5 Å². The fourth-order valence-corrected chi connectivity index (χ4v) is 4.50. The van der Waals surface area contributed by atoms with Gasteiger partial charge in [0.2, 0.25) is 0 Å². The Labute approximate surface area is 135 Å². The normalized spacial score (nSPS) is 11.6. The summed E-state index contributed by atoms with van der Waals surface area (Å²) in [5.74, 6) is 0. The number of hydrogen-bond acceptors (Lipinski definition) is 4. The van der Waals surface area contributed by atoms with Crippen molar-refractivity contribution in [2.75, 3.05) is 4.72 Å². The second-order valence-corrected chi connectivity index (χ2v) is 7.59. The van der Waals surface area contributed by atoms with Crippen LogP contribution in [-0.2, 0) is 16.6 Å². The van der Waals surface area contributed by atoms with Gasteiger partial charge in [-0.1, -0.05) is 34.8 Å². The highest BCUT2D eigenvalue weighted by atomic mass is 35.5. The minimum absolute atomic E-state index is 0.00661. The minimum Gasteiger partial charge on any atom is -0.391 e. The van der Waals surface area contributed by atoms with Gasteiger partial charge in [-0.2, -0.15) is 0 Å². The van der Waals surface area contributed by atoms with Crippen LogP contribution in [0.5, 0.6) is 0 Å². The molecule has 0 amide bonds. The Balaban J connectivity index is 2.41. The van der Waals surface area contributed by atoms with Gasteiger partial charge in [0, 0.05) is 0 Å².